The zero-order valence-corrected chi connectivity index (χ0v) is 12.0. The number of pyridine rings is 1. The van der Waals surface area contributed by atoms with Crippen LogP contribution in [0.5, 0.6) is 0 Å². The highest BCUT2D eigenvalue weighted by Crippen LogP contribution is 2.39. The molecule has 0 bridgehead atoms. The Hall–Kier alpha value is -1.27. The number of piperazine rings is 1. The van der Waals surface area contributed by atoms with Gasteiger partial charge in [0.2, 0.25) is 0 Å². The molecule has 2 aliphatic heterocycles. The van der Waals surface area contributed by atoms with E-state index in [-0.39, 0.29) is 11.9 Å². The molecule has 0 radical (unpaired) electrons. The normalized spacial score (nSPS) is 25.4. The van der Waals surface area contributed by atoms with E-state index in [9.17, 15) is 4.39 Å². The fraction of sp³-hybridized carbons (Fsp3) is 0.571. The maximum Gasteiger partial charge on any atom is 0.153 e. The molecule has 1 aromatic heterocycles. The van der Waals surface area contributed by atoms with Gasteiger partial charge in [-0.15, -0.1) is 0 Å². The van der Waals surface area contributed by atoms with Crippen LogP contribution in [-0.4, -0.2) is 42.2 Å². The summed E-state index contributed by atoms with van der Waals surface area (Å²) in [5.74, 6) is 1.29. The molecular formula is C14H17FN4S. The summed E-state index contributed by atoms with van der Waals surface area (Å²) in [5, 5.41) is 3.39. The van der Waals surface area contributed by atoms with Crippen molar-refractivity contribution in [3.8, 4) is 0 Å². The highest BCUT2D eigenvalue weighted by Gasteiger charge is 2.39. The predicted octanol–water partition coefficient (Wildman–Crippen LogP) is 1.56. The standard InChI is InChI=1S/C14H17FN4S/c15-10-5-11-13(17-6-10)18-4-3-16-7-12(18)14(20)19(11)8-9-1-2-9/h5-6,9,12,16H,1-4,7-8H2/t12-/m1/s1. The Balaban J connectivity index is 1.78. The van der Waals surface area contributed by atoms with Gasteiger partial charge in [0.05, 0.1) is 17.9 Å². The summed E-state index contributed by atoms with van der Waals surface area (Å²) in [4.78, 5) is 9.58. The van der Waals surface area contributed by atoms with Gasteiger partial charge in [-0.05, 0) is 18.8 Å². The first kappa shape index (κ1) is 12.5. The number of fused-ring (bicyclic) bond motifs is 3. The van der Waals surface area contributed by atoms with E-state index >= 15 is 0 Å². The molecule has 6 heteroatoms. The second-order valence-electron chi connectivity index (χ2n) is 5.80. The molecule has 0 amide bonds. The average Bonchev–Trinajstić information content (AvgIpc) is 3.27. The second-order valence-corrected chi connectivity index (χ2v) is 6.22. The van der Waals surface area contributed by atoms with Gasteiger partial charge in [-0.3, -0.25) is 0 Å². The van der Waals surface area contributed by atoms with Crippen LogP contribution in [0, 0.1) is 11.7 Å². The summed E-state index contributed by atoms with van der Waals surface area (Å²) in [6.45, 7) is 3.54. The van der Waals surface area contributed by atoms with Crippen LogP contribution in [0.2, 0.25) is 0 Å². The minimum atomic E-state index is -0.291. The lowest BCUT2D eigenvalue weighted by atomic mass is 10.1. The van der Waals surface area contributed by atoms with Gasteiger partial charge in [0.1, 0.15) is 10.8 Å². The number of hydrogen-bond donors (Lipinski definition) is 1. The summed E-state index contributed by atoms with van der Waals surface area (Å²) in [6.07, 6.45) is 3.81. The zero-order chi connectivity index (χ0) is 13.7. The quantitative estimate of drug-likeness (QED) is 0.836. The lowest BCUT2D eigenvalue weighted by molar-refractivity contribution is 0.531. The number of thiocarbonyl (C=S) groups is 1. The van der Waals surface area contributed by atoms with Crippen LogP contribution in [0.15, 0.2) is 12.3 Å². The number of aromatic nitrogens is 1. The van der Waals surface area contributed by atoms with E-state index in [1.807, 2.05) is 0 Å². The summed E-state index contributed by atoms with van der Waals surface area (Å²) >= 11 is 5.68. The Kier molecular flexibility index (Phi) is 2.89. The van der Waals surface area contributed by atoms with Crippen molar-refractivity contribution in [1.29, 1.82) is 0 Å². The van der Waals surface area contributed by atoms with Crippen LogP contribution in [0.3, 0.4) is 0 Å². The minimum Gasteiger partial charge on any atom is -0.343 e. The Morgan fingerprint density at radius 1 is 1.45 bits per heavy atom. The highest BCUT2D eigenvalue weighted by atomic mass is 32.1. The van der Waals surface area contributed by atoms with Gasteiger partial charge in [0.15, 0.2) is 5.82 Å². The van der Waals surface area contributed by atoms with E-state index in [0.29, 0.717) is 5.92 Å². The molecule has 2 fully saturated rings. The molecular weight excluding hydrogens is 275 g/mol. The van der Waals surface area contributed by atoms with Crippen molar-refractivity contribution in [2.45, 2.75) is 18.9 Å². The van der Waals surface area contributed by atoms with Crippen LogP contribution < -0.4 is 15.1 Å². The topological polar surface area (TPSA) is 31.4 Å². The number of hydrogen-bond acceptors (Lipinski definition) is 4. The third-order valence-electron chi connectivity index (χ3n) is 4.31. The van der Waals surface area contributed by atoms with Gasteiger partial charge in [-0.1, -0.05) is 12.2 Å². The van der Waals surface area contributed by atoms with E-state index in [1.54, 1.807) is 6.07 Å². The van der Waals surface area contributed by atoms with Crippen LogP contribution in [0.25, 0.3) is 0 Å². The molecule has 3 heterocycles. The lowest BCUT2D eigenvalue weighted by Gasteiger charge is -2.46. The molecule has 4 nitrogen and oxygen atoms in total. The van der Waals surface area contributed by atoms with Crippen LogP contribution in [0.1, 0.15) is 12.8 Å². The lowest BCUT2D eigenvalue weighted by Crippen LogP contribution is -2.61. The Morgan fingerprint density at radius 3 is 3.10 bits per heavy atom. The summed E-state index contributed by atoms with van der Waals surface area (Å²) in [6, 6.07) is 1.75. The second kappa shape index (κ2) is 4.63. The fourth-order valence-corrected chi connectivity index (χ4v) is 3.45. The third kappa shape index (κ3) is 1.98. The van der Waals surface area contributed by atoms with E-state index in [1.165, 1.54) is 19.0 Å². The van der Waals surface area contributed by atoms with Gasteiger partial charge in [0.25, 0.3) is 0 Å². The van der Waals surface area contributed by atoms with Crippen molar-refractivity contribution in [2.24, 2.45) is 5.92 Å². The molecule has 4 rings (SSSR count). The van der Waals surface area contributed by atoms with Gasteiger partial charge in [0, 0.05) is 32.2 Å². The molecule has 1 aromatic rings. The predicted molar refractivity (Wildman–Crippen MR) is 80.9 cm³/mol. The molecule has 0 aromatic carbocycles. The number of nitrogens with zero attached hydrogens (tertiary/aromatic N) is 3. The summed E-state index contributed by atoms with van der Waals surface area (Å²) in [5.41, 5.74) is 0.847. The minimum absolute atomic E-state index is 0.169. The van der Waals surface area contributed by atoms with Crippen molar-refractivity contribution < 1.29 is 4.39 Å². The highest BCUT2D eigenvalue weighted by molar-refractivity contribution is 7.80. The van der Waals surface area contributed by atoms with Gasteiger partial charge >= 0.3 is 0 Å². The molecule has 1 N–H and O–H groups in total. The number of halogens is 1. The fourth-order valence-electron chi connectivity index (χ4n) is 3.07. The van der Waals surface area contributed by atoms with E-state index < -0.39 is 0 Å². The Bertz CT molecular complexity index is 560. The van der Waals surface area contributed by atoms with E-state index in [0.717, 1.165) is 42.7 Å². The molecule has 106 valence electrons. The Labute approximate surface area is 123 Å². The SMILES string of the molecule is Fc1cnc2c(c1)N(CC1CC1)C(=S)[C@H]1CNCCN21. The maximum absolute atomic E-state index is 13.6. The number of anilines is 2. The maximum atomic E-state index is 13.6. The molecule has 1 saturated heterocycles. The molecule has 3 aliphatic rings. The third-order valence-corrected chi connectivity index (χ3v) is 4.80. The van der Waals surface area contributed by atoms with Crippen molar-refractivity contribution in [3.05, 3.63) is 18.1 Å². The first-order valence-corrected chi connectivity index (χ1v) is 7.59. The summed E-state index contributed by atoms with van der Waals surface area (Å²) in [7, 11) is 0. The van der Waals surface area contributed by atoms with Gasteiger partial charge in [-0.2, -0.15) is 0 Å². The molecule has 1 atom stereocenters. The van der Waals surface area contributed by atoms with Crippen LogP contribution >= 0.6 is 12.2 Å². The van der Waals surface area contributed by atoms with Crippen molar-refractivity contribution >= 4 is 28.7 Å². The van der Waals surface area contributed by atoms with Crippen LogP contribution in [0.4, 0.5) is 15.9 Å². The molecule has 1 saturated carbocycles. The van der Waals surface area contributed by atoms with Gasteiger partial charge in [-0.25, -0.2) is 9.37 Å². The van der Waals surface area contributed by atoms with Gasteiger partial charge < -0.3 is 15.1 Å². The zero-order valence-electron chi connectivity index (χ0n) is 11.2. The monoisotopic (exact) mass is 292 g/mol. The largest absolute Gasteiger partial charge is 0.343 e. The van der Waals surface area contributed by atoms with Crippen molar-refractivity contribution in [2.75, 3.05) is 36.0 Å². The molecule has 20 heavy (non-hydrogen) atoms. The number of rotatable bonds is 2. The number of nitrogens with one attached hydrogen (secondary N) is 1. The Morgan fingerprint density at radius 2 is 2.30 bits per heavy atom. The van der Waals surface area contributed by atoms with Crippen LogP contribution in [-0.2, 0) is 0 Å². The molecule has 0 unspecified atom stereocenters. The first-order chi connectivity index (χ1) is 9.74. The van der Waals surface area contributed by atoms with Crippen molar-refractivity contribution in [3.63, 3.8) is 0 Å². The smallest absolute Gasteiger partial charge is 0.153 e. The summed E-state index contributed by atoms with van der Waals surface area (Å²) < 4.78 is 13.6. The van der Waals surface area contributed by atoms with E-state index in [2.05, 4.69) is 20.1 Å². The van der Waals surface area contributed by atoms with E-state index in [4.69, 9.17) is 12.2 Å². The first-order valence-electron chi connectivity index (χ1n) is 7.18. The average molecular weight is 292 g/mol. The molecule has 0 spiro atoms. The molecule has 1 aliphatic carbocycles. The van der Waals surface area contributed by atoms with Crippen molar-refractivity contribution in [1.82, 2.24) is 10.3 Å².